The Bertz CT molecular complexity index is 379. The lowest BCUT2D eigenvalue weighted by atomic mass is 10.0. The third-order valence-electron chi connectivity index (χ3n) is 2.66. The number of rotatable bonds is 2. The number of amides is 1. The summed E-state index contributed by atoms with van der Waals surface area (Å²) in [5.74, 6) is 0.697. The fraction of sp³-hybridized carbons (Fsp3) is 0.364. The molecule has 1 aliphatic heterocycles. The van der Waals surface area contributed by atoms with E-state index < -0.39 is 6.04 Å². The summed E-state index contributed by atoms with van der Waals surface area (Å²) < 4.78 is 5.24. The van der Waals surface area contributed by atoms with Gasteiger partial charge in [-0.15, -0.1) is 0 Å². The molecule has 15 heavy (non-hydrogen) atoms. The van der Waals surface area contributed by atoms with E-state index in [1.165, 1.54) is 0 Å². The standard InChI is InChI=1S/C11H14N2O2/c1-15-10-5-3-2-4-7(10)9-6-8(12)11(14)13-9/h2-5,8-9H,6,12H2,1H3,(H,13,14). The van der Waals surface area contributed by atoms with Gasteiger partial charge in [-0.3, -0.25) is 4.79 Å². The molecule has 2 rings (SSSR count). The van der Waals surface area contributed by atoms with Crippen LogP contribution in [0.4, 0.5) is 0 Å². The van der Waals surface area contributed by atoms with Crippen molar-refractivity contribution in [3.8, 4) is 5.75 Å². The van der Waals surface area contributed by atoms with Crippen molar-refractivity contribution in [2.75, 3.05) is 7.11 Å². The Morgan fingerprint density at radius 1 is 1.47 bits per heavy atom. The number of benzene rings is 1. The number of nitrogens with one attached hydrogen (secondary N) is 1. The monoisotopic (exact) mass is 206 g/mol. The highest BCUT2D eigenvalue weighted by Crippen LogP contribution is 2.30. The van der Waals surface area contributed by atoms with Gasteiger partial charge in [-0.25, -0.2) is 0 Å². The van der Waals surface area contributed by atoms with Gasteiger partial charge in [0.1, 0.15) is 5.75 Å². The zero-order valence-electron chi connectivity index (χ0n) is 8.57. The molecule has 2 atom stereocenters. The summed E-state index contributed by atoms with van der Waals surface area (Å²) in [7, 11) is 1.62. The zero-order valence-corrected chi connectivity index (χ0v) is 8.57. The van der Waals surface area contributed by atoms with Gasteiger partial charge >= 0.3 is 0 Å². The van der Waals surface area contributed by atoms with E-state index in [-0.39, 0.29) is 11.9 Å². The summed E-state index contributed by atoms with van der Waals surface area (Å²) in [6, 6.07) is 7.23. The van der Waals surface area contributed by atoms with E-state index in [9.17, 15) is 4.79 Å². The smallest absolute Gasteiger partial charge is 0.237 e. The molecule has 4 heteroatoms. The number of para-hydroxylation sites is 1. The van der Waals surface area contributed by atoms with E-state index in [4.69, 9.17) is 10.5 Å². The molecule has 3 N–H and O–H groups in total. The van der Waals surface area contributed by atoms with Crippen molar-refractivity contribution >= 4 is 5.91 Å². The first-order valence-electron chi connectivity index (χ1n) is 4.91. The van der Waals surface area contributed by atoms with Gasteiger partial charge in [0.25, 0.3) is 0 Å². The fourth-order valence-electron chi connectivity index (χ4n) is 1.86. The normalized spacial score (nSPS) is 25.1. The summed E-state index contributed by atoms with van der Waals surface area (Å²) in [5.41, 5.74) is 6.63. The Morgan fingerprint density at radius 3 is 2.80 bits per heavy atom. The van der Waals surface area contributed by atoms with Crippen molar-refractivity contribution in [2.24, 2.45) is 5.73 Å². The Labute approximate surface area is 88.4 Å². The van der Waals surface area contributed by atoms with Crippen LogP contribution >= 0.6 is 0 Å². The van der Waals surface area contributed by atoms with E-state index >= 15 is 0 Å². The maximum absolute atomic E-state index is 11.3. The molecular weight excluding hydrogens is 192 g/mol. The van der Waals surface area contributed by atoms with E-state index in [1.807, 2.05) is 24.3 Å². The van der Waals surface area contributed by atoms with Crippen LogP contribution in [0, 0.1) is 0 Å². The highest BCUT2D eigenvalue weighted by Gasteiger charge is 2.31. The van der Waals surface area contributed by atoms with Gasteiger partial charge in [-0.2, -0.15) is 0 Å². The minimum Gasteiger partial charge on any atom is -0.496 e. The Balaban J connectivity index is 2.27. The number of carbonyl (C=O) groups excluding carboxylic acids is 1. The molecule has 80 valence electrons. The van der Waals surface area contributed by atoms with Crippen LogP contribution in [-0.4, -0.2) is 19.1 Å². The summed E-state index contributed by atoms with van der Waals surface area (Å²) in [5, 5.41) is 2.85. The van der Waals surface area contributed by atoms with Crippen molar-refractivity contribution in [3.05, 3.63) is 29.8 Å². The topological polar surface area (TPSA) is 64.3 Å². The number of hydrogen-bond donors (Lipinski definition) is 2. The first kappa shape index (κ1) is 9.98. The third kappa shape index (κ3) is 1.80. The Hall–Kier alpha value is -1.55. The number of ether oxygens (including phenoxy) is 1. The molecule has 1 aromatic carbocycles. The van der Waals surface area contributed by atoms with Crippen LogP contribution in [0.15, 0.2) is 24.3 Å². The minimum atomic E-state index is -0.403. The molecule has 1 amide bonds. The lowest BCUT2D eigenvalue weighted by Gasteiger charge is -2.14. The maximum Gasteiger partial charge on any atom is 0.237 e. The van der Waals surface area contributed by atoms with Crippen molar-refractivity contribution in [1.29, 1.82) is 0 Å². The molecule has 0 aliphatic carbocycles. The van der Waals surface area contributed by atoms with Crippen LogP contribution in [0.2, 0.25) is 0 Å². The van der Waals surface area contributed by atoms with Crippen molar-refractivity contribution in [1.82, 2.24) is 5.32 Å². The third-order valence-corrected chi connectivity index (χ3v) is 2.66. The van der Waals surface area contributed by atoms with Crippen molar-refractivity contribution in [2.45, 2.75) is 18.5 Å². The largest absolute Gasteiger partial charge is 0.496 e. The van der Waals surface area contributed by atoms with E-state index in [0.29, 0.717) is 6.42 Å². The van der Waals surface area contributed by atoms with E-state index in [0.717, 1.165) is 11.3 Å². The average Bonchev–Trinajstić information content (AvgIpc) is 2.59. The van der Waals surface area contributed by atoms with Crippen LogP contribution < -0.4 is 15.8 Å². The van der Waals surface area contributed by atoms with Gasteiger partial charge in [0.15, 0.2) is 0 Å². The quantitative estimate of drug-likeness (QED) is 0.744. The molecule has 0 aromatic heterocycles. The SMILES string of the molecule is COc1ccccc1C1CC(N)C(=O)N1. The second-order valence-electron chi connectivity index (χ2n) is 3.65. The second-order valence-corrected chi connectivity index (χ2v) is 3.65. The van der Waals surface area contributed by atoms with Gasteiger partial charge in [-0.05, 0) is 12.5 Å². The fourth-order valence-corrected chi connectivity index (χ4v) is 1.86. The minimum absolute atomic E-state index is 0.0244. The second kappa shape index (κ2) is 3.90. The Morgan fingerprint density at radius 2 is 2.20 bits per heavy atom. The van der Waals surface area contributed by atoms with E-state index in [1.54, 1.807) is 7.11 Å². The molecule has 2 unspecified atom stereocenters. The molecule has 1 saturated heterocycles. The molecule has 0 spiro atoms. The van der Waals surface area contributed by atoms with Gasteiger partial charge in [-0.1, -0.05) is 18.2 Å². The Kier molecular flexibility index (Phi) is 2.60. The zero-order chi connectivity index (χ0) is 10.8. The highest BCUT2D eigenvalue weighted by atomic mass is 16.5. The molecule has 0 bridgehead atoms. The number of nitrogens with two attached hydrogens (primary N) is 1. The predicted molar refractivity (Wildman–Crippen MR) is 56.5 cm³/mol. The van der Waals surface area contributed by atoms with E-state index in [2.05, 4.69) is 5.32 Å². The van der Waals surface area contributed by atoms with Crippen LogP contribution in [0.1, 0.15) is 18.0 Å². The number of carbonyl (C=O) groups is 1. The molecule has 0 radical (unpaired) electrons. The molecule has 0 saturated carbocycles. The average molecular weight is 206 g/mol. The van der Waals surface area contributed by atoms with Gasteiger partial charge in [0.05, 0.1) is 19.2 Å². The van der Waals surface area contributed by atoms with Crippen molar-refractivity contribution in [3.63, 3.8) is 0 Å². The lowest BCUT2D eigenvalue weighted by molar-refractivity contribution is -0.120. The lowest BCUT2D eigenvalue weighted by Crippen LogP contribution is -2.30. The van der Waals surface area contributed by atoms with Crippen LogP contribution in [0.25, 0.3) is 0 Å². The summed E-state index contributed by atoms with van der Waals surface area (Å²) in [4.78, 5) is 11.3. The number of methoxy groups -OCH3 is 1. The van der Waals surface area contributed by atoms with Crippen LogP contribution in [0.3, 0.4) is 0 Å². The van der Waals surface area contributed by atoms with Gasteiger partial charge in [0, 0.05) is 5.56 Å². The van der Waals surface area contributed by atoms with Crippen molar-refractivity contribution < 1.29 is 9.53 Å². The molecule has 1 fully saturated rings. The van der Waals surface area contributed by atoms with Gasteiger partial charge < -0.3 is 15.8 Å². The first-order chi connectivity index (χ1) is 7.22. The first-order valence-corrected chi connectivity index (χ1v) is 4.91. The molecule has 1 aliphatic rings. The van der Waals surface area contributed by atoms with Crippen LogP contribution in [-0.2, 0) is 4.79 Å². The molecule has 1 heterocycles. The summed E-state index contributed by atoms with van der Waals surface area (Å²) in [6.45, 7) is 0. The molecular formula is C11H14N2O2. The summed E-state index contributed by atoms with van der Waals surface area (Å²) in [6.07, 6.45) is 0.624. The predicted octanol–water partition coefficient (Wildman–Crippen LogP) is 0.583. The maximum atomic E-state index is 11.3. The summed E-state index contributed by atoms with van der Waals surface area (Å²) >= 11 is 0. The number of hydrogen-bond acceptors (Lipinski definition) is 3. The van der Waals surface area contributed by atoms with Gasteiger partial charge in [0.2, 0.25) is 5.91 Å². The molecule has 4 nitrogen and oxygen atoms in total. The molecule has 1 aromatic rings. The van der Waals surface area contributed by atoms with Crippen LogP contribution in [0.5, 0.6) is 5.75 Å². The highest BCUT2D eigenvalue weighted by molar-refractivity contribution is 5.84.